The number of likely N-dealkylation sites (tertiary alicyclic amines) is 1. The molecule has 1 N–H and O–H groups in total. The van der Waals surface area contributed by atoms with E-state index < -0.39 is 0 Å². The Morgan fingerprint density at radius 3 is 3.05 bits per heavy atom. The van der Waals surface area contributed by atoms with Crippen LogP contribution in [0.1, 0.15) is 49.0 Å². The highest BCUT2D eigenvalue weighted by Gasteiger charge is 2.30. The van der Waals surface area contributed by atoms with E-state index >= 15 is 0 Å². The van der Waals surface area contributed by atoms with Gasteiger partial charge in [-0.25, -0.2) is 0 Å². The lowest BCUT2D eigenvalue weighted by atomic mass is 9.84. The molecule has 4 nitrogen and oxygen atoms in total. The summed E-state index contributed by atoms with van der Waals surface area (Å²) in [7, 11) is 0. The van der Waals surface area contributed by atoms with Crippen molar-refractivity contribution in [3.05, 3.63) is 29.6 Å². The van der Waals surface area contributed by atoms with E-state index in [1.165, 1.54) is 0 Å². The quantitative estimate of drug-likeness (QED) is 0.847. The second-order valence-electron chi connectivity index (χ2n) is 6.19. The Balaban J connectivity index is 2.21. The molecular weight excluding hydrogens is 264 g/mol. The zero-order valence-corrected chi connectivity index (χ0v) is 12.7. The molecule has 0 atom stereocenters. The zero-order chi connectivity index (χ0) is 15.3. The number of pyridine rings is 1. The molecule has 0 unspecified atom stereocenters. The fourth-order valence-electron chi connectivity index (χ4n) is 2.66. The Labute approximate surface area is 126 Å². The summed E-state index contributed by atoms with van der Waals surface area (Å²) < 4.78 is 0. The van der Waals surface area contributed by atoms with Gasteiger partial charge in [0, 0.05) is 31.9 Å². The minimum Gasteiger partial charge on any atom is -0.395 e. The van der Waals surface area contributed by atoms with Gasteiger partial charge in [-0.3, -0.25) is 9.78 Å². The normalized spacial score (nSPS) is 17.0. The minimum atomic E-state index is 0.0247. The van der Waals surface area contributed by atoms with Gasteiger partial charge in [0.15, 0.2) is 0 Å². The zero-order valence-electron chi connectivity index (χ0n) is 12.7. The molecule has 0 radical (unpaired) electrons. The van der Waals surface area contributed by atoms with Crippen molar-refractivity contribution in [2.75, 3.05) is 19.7 Å². The number of piperidine rings is 1. The number of aliphatic hydroxyl groups excluding tert-OH is 1. The molecule has 2 heterocycles. The standard InChI is InChI=1S/C17H22N2O2/c1-17(2)8-5-10-19(13-17)16(21)15-7-9-18-12-14(15)6-3-4-11-20/h7,9,12,20H,4-5,8,10-11,13H2,1-2H3. The van der Waals surface area contributed by atoms with Crippen molar-refractivity contribution in [1.29, 1.82) is 0 Å². The first-order valence-corrected chi connectivity index (χ1v) is 7.36. The third kappa shape index (κ3) is 4.05. The molecule has 0 aromatic carbocycles. The Kier molecular flexibility index (Phi) is 4.98. The maximum absolute atomic E-state index is 12.7. The summed E-state index contributed by atoms with van der Waals surface area (Å²) in [5, 5.41) is 8.79. The lowest BCUT2D eigenvalue weighted by Crippen LogP contribution is -2.43. The number of amides is 1. The Bertz CT molecular complexity index is 570. The van der Waals surface area contributed by atoms with E-state index in [1.54, 1.807) is 18.5 Å². The van der Waals surface area contributed by atoms with Gasteiger partial charge in [0.1, 0.15) is 0 Å². The molecule has 1 fully saturated rings. The first kappa shape index (κ1) is 15.5. The summed E-state index contributed by atoms with van der Waals surface area (Å²) in [6.45, 7) is 5.99. The van der Waals surface area contributed by atoms with Crippen LogP contribution in [0.15, 0.2) is 18.5 Å². The van der Waals surface area contributed by atoms with Crippen molar-refractivity contribution < 1.29 is 9.90 Å². The maximum Gasteiger partial charge on any atom is 0.255 e. The second-order valence-corrected chi connectivity index (χ2v) is 6.19. The van der Waals surface area contributed by atoms with Crippen molar-refractivity contribution in [2.45, 2.75) is 33.1 Å². The molecule has 1 aliphatic rings. The SMILES string of the molecule is CC1(C)CCCN(C(=O)c2ccncc2C#CCCO)C1. The predicted octanol–water partition coefficient (Wildman–Crippen LogP) is 2.08. The predicted molar refractivity (Wildman–Crippen MR) is 81.7 cm³/mol. The van der Waals surface area contributed by atoms with Crippen molar-refractivity contribution >= 4 is 5.91 Å². The molecule has 0 spiro atoms. The molecule has 0 aliphatic carbocycles. The third-order valence-corrected chi connectivity index (χ3v) is 3.70. The molecule has 2 rings (SSSR count). The highest BCUT2D eigenvalue weighted by Crippen LogP contribution is 2.29. The van der Waals surface area contributed by atoms with Crippen LogP contribution in [0.5, 0.6) is 0 Å². The summed E-state index contributed by atoms with van der Waals surface area (Å²) in [4.78, 5) is 18.7. The Morgan fingerprint density at radius 1 is 1.52 bits per heavy atom. The lowest BCUT2D eigenvalue weighted by Gasteiger charge is -2.38. The number of carbonyl (C=O) groups is 1. The summed E-state index contributed by atoms with van der Waals surface area (Å²) in [5.41, 5.74) is 1.41. The number of nitrogens with zero attached hydrogens (tertiary/aromatic N) is 2. The highest BCUT2D eigenvalue weighted by atomic mass is 16.2. The van der Waals surface area contributed by atoms with Crippen LogP contribution < -0.4 is 0 Å². The maximum atomic E-state index is 12.7. The molecule has 1 aliphatic heterocycles. The molecule has 1 amide bonds. The molecule has 1 aromatic heterocycles. The number of hydrogen-bond donors (Lipinski definition) is 1. The van der Waals surface area contributed by atoms with E-state index in [-0.39, 0.29) is 17.9 Å². The fourth-order valence-corrected chi connectivity index (χ4v) is 2.66. The third-order valence-electron chi connectivity index (χ3n) is 3.70. The van der Waals surface area contributed by atoms with Crippen LogP contribution in [0.25, 0.3) is 0 Å². The number of aromatic nitrogens is 1. The van der Waals surface area contributed by atoms with Crippen molar-refractivity contribution in [3.63, 3.8) is 0 Å². The summed E-state index contributed by atoms with van der Waals surface area (Å²) in [6, 6.07) is 1.73. The van der Waals surface area contributed by atoms with Gasteiger partial charge in [0.2, 0.25) is 0 Å². The van der Waals surface area contributed by atoms with Crippen LogP contribution in [-0.2, 0) is 0 Å². The molecule has 112 valence electrons. The largest absolute Gasteiger partial charge is 0.395 e. The van der Waals surface area contributed by atoms with E-state index in [4.69, 9.17) is 5.11 Å². The van der Waals surface area contributed by atoms with Gasteiger partial charge < -0.3 is 10.0 Å². The van der Waals surface area contributed by atoms with E-state index in [0.717, 1.165) is 25.9 Å². The number of hydrogen-bond acceptors (Lipinski definition) is 3. The van der Waals surface area contributed by atoms with Gasteiger partial charge in [-0.2, -0.15) is 0 Å². The number of carbonyl (C=O) groups excluding carboxylic acids is 1. The van der Waals surface area contributed by atoms with Crippen molar-refractivity contribution in [2.24, 2.45) is 5.41 Å². The van der Waals surface area contributed by atoms with E-state index in [0.29, 0.717) is 17.5 Å². The molecular formula is C17H22N2O2. The molecule has 0 bridgehead atoms. The second kappa shape index (κ2) is 6.73. The first-order chi connectivity index (χ1) is 10.0. The van der Waals surface area contributed by atoms with Crippen LogP contribution in [0.4, 0.5) is 0 Å². The average Bonchev–Trinajstić information content (AvgIpc) is 2.46. The van der Waals surface area contributed by atoms with Crippen molar-refractivity contribution in [3.8, 4) is 11.8 Å². The Morgan fingerprint density at radius 2 is 2.33 bits per heavy atom. The summed E-state index contributed by atoms with van der Waals surface area (Å²) >= 11 is 0. The minimum absolute atomic E-state index is 0.0247. The number of aliphatic hydroxyl groups is 1. The topological polar surface area (TPSA) is 53.4 Å². The summed E-state index contributed by atoms with van der Waals surface area (Å²) in [5.74, 6) is 5.82. The van der Waals surface area contributed by atoms with Gasteiger partial charge in [-0.15, -0.1) is 0 Å². The molecule has 0 saturated carbocycles. The smallest absolute Gasteiger partial charge is 0.255 e. The molecule has 21 heavy (non-hydrogen) atoms. The average molecular weight is 286 g/mol. The van der Waals surface area contributed by atoms with Gasteiger partial charge in [0.05, 0.1) is 17.7 Å². The van der Waals surface area contributed by atoms with Crippen LogP contribution in [-0.4, -0.2) is 40.6 Å². The van der Waals surface area contributed by atoms with E-state index in [1.807, 2.05) is 4.90 Å². The highest BCUT2D eigenvalue weighted by molar-refractivity contribution is 5.96. The molecule has 1 saturated heterocycles. The monoisotopic (exact) mass is 286 g/mol. The van der Waals surface area contributed by atoms with Crippen LogP contribution in [0.3, 0.4) is 0 Å². The van der Waals surface area contributed by atoms with Gasteiger partial charge in [-0.05, 0) is 24.3 Å². The first-order valence-electron chi connectivity index (χ1n) is 7.36. The van der Waals surface area contributed by atoms with E-state index in [2.05, 4.69) is 30.7 Å². The van der Waals surface area contributed by atoms with Gasteiger partial charge in [-0.1, -0.05) is 25.7 Å². The summed E-state index contributed by atoms with van der Waals surface area (Å²) in [6.07, 6.45) is 5.83. The van der Waals surface area contributed by atoms with E-state index in [9.17, 15) is 4.79 Å². The van der Waals surface area contributed by atoms with Crippen LogP contribution in [0, 0.1) is 17.3 Å². The Hall–Kier alpha value is -1.86. The fraction of sp³-hybridized carbons (Fsp3) is 0.529. The molecule has 4 heteroatoms. The van der Waals surface area contributed by atoms with Gasteiger partial charge in [0.25, 0.3) is 5.91 Å². The van der Waals surface area contributed by atoms with Crippen LogP contribution in [0.2, 0.25) is 0 Å². The lowest BCUT2D eigenvalue weighted by molar-refractivity contribution is 0.0583. The number of rotatable bonds is 2. The molecule has 1 aromatic rings. The van der Waals surface area contributed by atoms with Crippen LogP contribution >= 0.6 is 0 Å². The van der Waals surface area contributed by atoms with Crippen molar-refractivity contribution in [1.82, 2.24) is 9.88 Å². The van der Waals surface area contributed by atoms with Gasteiger partial charge >= 0.3 is 0 Å².